The first-order chi connectivity index (χ1) is 16.0. The molecular weight excluding hydrogens is 406 g/mol. The summed E-state index contributed by atoms with van der Waals surface area (Å²) in [6, 6.07) is 8.16. The highest BCUT2D eigenvalue weighted by Gasteiger charge is 2.25. The average Bonchev–Trinajstić information content (AvgIpc) is 3.07. The van der Waals surface area contributed by atoms with Gasteiger partial charge in [0.1, 0.15) is 6.04 Å². The predicted octanol–water partition coefficient (Wildman–Crippen LogP) is 9.09. The Labute approximate surface area is 203 Å². The van der Waals surface area contributed by atoms with Crippen molar-refractivity contribution in [1.29, 1.82) is 0 Å². The van der Waals surface area contributed by atoms with Crippen LogP contribution in [0.3, 0.4) is 0 Å². The molecule has 2 aromatic rings. The molecule has 0 saturated heterocycles. The molecule has 3 nitrogen and oxygen atoms in total. The normalized spacial score (nSPS) is 13.4. The van der Waals surface area contributed by atoms with Gasteiger partial charge < -0.3 is 9.30 Å². The maximum atomic E-state index is 13.3. The minimum absolute atomic E-state index is 0.0668. The molecular formula is C30H49NO2. The van der Waals surface area contributed by atoms with Crippen LogP contribution in [0.15, 0.2) is 24.3 Å². The number of aromatic nitrogens is 1. The Bertz CT molecular complexity index is 822. The number of fused-ring (bicyclic) bond motifs is 1. The molecule has 0 amide bonds. The molecule has 0 aliphatic carbocycles. The van der Waals surface area contributed by atoms with Crippen molar-refractivity contribution >= 4 is 16.9 Å². The lowest BCUT2D eigenvalue weighted by molar-refractivity contribution is -0.149. The molecule has 0 fully saturated rings. The Morgan fingerprint density at radius 3 is 2.06 bits per heavy atom. The van der Waals surface area contributed by atoms with Crippen molar-refractivity contribution in [3.63, 3.8) is 0 Å². The number of ether oxygens (including phenoxy) is 1. The molecule has 186 valence electrons. The molecule has 2 rings (SSSR count). The van der Waals surface area contributed by atoms with Gasteiger partial charge in [-0.05, 0) is 50.7 Å². The monoisotopic (exact) mass is 455 g/mol. The molecule has 1 aromatic carbocycles. The van der Waals surface area contributed by atoms with E-state index in [9.17, 15) is 4.79 Å². The van der Waals surface area contributed by atoms with Gasteiger partial charge in [-0.1, -0.05) is 103 Å². The topological polar surface area (TPSA) is 31.2 Å². The molecule has 0 aliphatic rings. The van der Waals surface area contributed by atoms with Gasteiger partial charge in [0, 0.05) is 16.6 Å². The summed E-state index contributed by atoms with van der Waals surface area (Å²) >= 11 is 0. The first kappa shape index (κ1) is 27.5. The van der Waals surface area contributed by atoms with Gasteiger partial charge in [-0.25, -0.2) is 4.79 Å². The number of hydrogen-bond donors (Lipinski definition) is 0. The van der Waals surface area contributed by atoms with Crippen LogP contribution < -0.4 is 0 Å². The van der Waals surface area contributed by atoms with Crippen LogP contribution in [-0.4, -0.2) is 17.1 Å². The van der Waals surface area contributed by atoms with Crippen LogP contribution in [0, 0.1) is 19.8 Å². The number of para-hydroxylation sites is 1. The second-order valence-electron chi connectivity index (χ2n) is 9.92. The fraction of sp³-hybridized carbons (Fsp3) is 0.700. The second-order valence-corrected chi connectivity index (χ2v) is 9.92. The van der Waals surface area contributed by atoms with E-state index in [0.717, 1.165) is 11.9 Å². The highest BCUT2D eigenvalue weighted by Crippen LogP contribution is 2.30. The number of benzene rings is 1. The van der Waals surface area contributed by atoms with Gasteiger partial charge in [0.2, 0.25) is 0 Å². The number of carbonyl (C=O) groups is 1. The largest absolute Gasteiger partial charge is 0.464 e. The summed E-state index contributed by atoms with van der Waals surface area (Å²) in [7, 11) is 0. The van der Waals surface area contributed by atoms with Crippen LogP contribution in [0.5, 0.6) is 0 Å². The maximum absolute atomic E-state index is 13.3. The van der Waals surface area contributed by atoms with E-state index in [-0.39, 0.29) is 12.0 Å². The number of carbonyl (C=O) groups excluding carboxylic acids is 1. The third-order valence-electron chi connectivity index (χ3n) is 7.34. The first-order valence-corrected chi connectivity index (χ1v) is 13.8. The minimum atomic E-state index is -0.251. The molecule has 0 bridgehead atoms. The molecule has 3 heteroatoms. The summed E-state index contributed by atoms with van der Waals surface area (Å²) in [5.74, 6) is 0.432. The van der Waals surface area contributed by atoms with Crippen LogP contribution in [0.1, 0.15) is 122 Å². The van der Waals surface area contributed by atoms with E-state index in [1.165, 1.54) is 93.7 Å². The smallest absolute Gasteiger partial charge is 0.329 e. The number of hydrogen-bond acceptors (Lipinski definition) is 2. The molecule has 2 atom stereocenters. The number of esters is 1. The van der Waals surface area contributed by atoms with Crippen molar-refractivity contribution in [2.45, 2.75) is 124 Å². The van der Waals surface area contributed by atoms with Crippen LogP contribution in [0.4, 0.5) is 0 Å². The molecule has 33 heavy (non-hydrogen) atoms. The van der Waals surface area contributed by atoms with Gasteiger partial charge >= 0.3 is 5.97 Å². The maximum Gasteiger partial charge on any atom is 0.329 e. The van der Waals surface area contributed by atoms with E-state index in [2.05, 4.69) is 63.5 Å². The quantitative estimate of drug-likeness (QED) is 0.176. The Kier molecular flexibility index (Phi) is 12.6. The molecule has 2 unspecified atom stereocenters. The third kappa shape index (κ3) is 8.19. The summed E-state index contributed by atoms with van der Waals surface area (Å²) in [6.45, 7) is 11.5. The molecule has 0 aliphatic heterocycles. The number of rotatable bonds is 17. The second kappa shape index (κ2) is 15.2. The van der Waals surface area contributed by atoms with Crippen LogP contribution >= 0.6 is 0 Å². The third-order valence-corrected chi connectivity index (χ3v) is 7.34. The highest BCUT2D eigenvalue weighted by molar-refractivity contribution is 5.87. The number of unbranched alkanes of at least 4 members (excludes halogenated alkanes) is 8. The summed E-state index contributed by atoms with van der Waals surface area (Å²) in [6.07, 6.45) is 16.1. The number of aryl methyl sites for hydroxylation is 1. The molecule has 0 spiro atoms. The number of nitrogens with zero attached hydrogens (tertiary/aromatic N) is 1. The Hall–Kier alpha value is -1.77. The van der Waals surface area contributed by atoms with E-state index in [1.807, 2.05) is 0 Å². The predicted molar refractivity (Wildman–Crippen MR) is 142 cm³/mol. The fourth-order valence-corrected chi connectivity index (χ4v) is 5.09. The van der Waals surface area contributed by atoms with Crippen molar-refractivity contribution in [3.8, 4) is 0 Å². The standard InChI is InChI=1S/C30H49NO2/c1-6-9-11-13-14-16-20-26(19-15-12-10-7-2)23-33-30(32)28(8-3)31-25(5)24(4)27-21-17-18-22-29(27)31/h17-18,21-22,26,28H,6-16,19-20,23H2,1-5H3. The van der Waals surface area contributed by atoms with E-state index >= 15 is 0 Å². The summed E-state index contributed by atoms with van der Waals surface area (Å²) in [5, 5.41) is 1.23. The Morgan fingerprint density at radius 1 is 0.848 bits per heavy atom. The van der Waals surface area contributed by atoms with Gasteiger partial charge in [0.15, 0.2) is 0 Å². The molecule has 1 aromatic heterocycles. The van der Waals surface area contributed by atoms with E-state index < -0.39 is 0 Å². The van der Waals surface area contributed by atoms with Crippen molar-refractivity contribution in [1.82, 2.24) is 4.57 Å². The van der Waals surface area contributed by atoms with Crippen LogP contribution in [-0.2, 0) is 9.53 Å². The lowest BCUT2D eigenvalue weighted by Gasteiger charge is -2.22. The van der Waals surface area contributed by atoms with Gasteiger partial charge in [-0.3, -0.25) is 0 Å². The lowest BCUT2D eigenvalue weighted by atomic mass is 9.95. The van der Waals surface area contributed by atoms with Gasteiger partial charge in [0.05, 0.1) is 6.61 Å². The highest BCUT2D eigenvalue weighted by atomic mass is 16.5. The zero-order valence-electron chi connectivity index (χ0n) is 22.1. The zero-order chi connectivity index (χ0) is 24.1. The lowest BCUT2D eigenvalue weighted by Crippen LogP contribution is -2.24. The summed E-state index contributed by atoms with van der Waals surface area (Å²) < 4.78 is 8.22. The van der Waals surface area contributed by atoms with E-state index in [0.29, 0.717) is 12.5 Å². The molecule has 0 saturated carbocycles. The van der Waals surface area contributed by atoms with Crippen molar-refractivity contribution in [2.24, 2.45) is 5.92 Å². The molecule has 0 radical (unpaired) electrons. The zero-order valence-corrected chi connectivity index (χ0v) is 22.1. The summed E-state index contributed by atoms with van der Waals surface area (Å²) in [4.78, 5) is 13.3. The van der Waals surface area contributed by atoms with Crippen LogP contribution in [0.25, 0.3) is 10.9 Å². The van der Waals surface area contributed by atoms with E-state index in [4.69, 9.17) is 4.74 Å². The average molecular weight is 456 g/mol. The van der Waals surface area contributed by atoms with Crippen molar-refractivity contribution < 1.29 is 9.53 Å². The van der Waals surface area contributed by atoms with E-state index in [1.54, 1.807) is 0 Å². The van der Waals surface area contributed by atoms with Crippen molar-refractivity contribution in [2.75, 3.05) is 6.61 Å². The van der Waals surface area contributed by atoms with Crippen molar-refractivity contribution in [3.05, 3.63) is 35.5 Å². The van der Waals surface area contributed by atoms with Gasteiger partial charge in [-0.2, -0.15) is 0 Å². The molecule has 1 heterocycles. The summed E-state index contributed by atoms with van der Waals surface area (Å²) in [5.41, 5.74) is 3.57. The first-order valence-electron chi connectivity index (χ1n) is 13.8. The Morgan fingerprint density at radius 2 is 1.42 bits per heavy atom. The SMILES string of the molecule is CCCCCCCCC(CCCCCC)COC(=O)C(CC)n1c(C)c(C)c2ccccc21. The van der Waals surface area contributed by atoms with Crippen LogP contribution in [0.2, 0.25) is 0 Å². The molecule has 0 N–H and O–H groups in total. The Balaban J connectivity index is 1.99. The van der Waals surface area contributed by atoms with Gasteiger partial charge in [0.25, 0.3) is 0 Å². The van der Waals surface area contributed by atoms with Gasteiger partial charge in [-0.15, -0.1) is 0 Å². The fourth-order valence-electron chi connectivity index (χ4n) is 5.09. The minimum Gasteiger partial charge on any atom is -0.464 e.